The van der Waals surface area contributed by atoms with Crippen LogP contribution in [0, 0.1) is 5.92 Å². The molecule has 102 valence electrons. The number of methoxy groups -OCH3 is 1. The fourth-order valence-electron chi connectivity index (χ4n) is 2.92. The molecule has 0 amide bonds. The van der Waals surface area contributed by atoms with Gasteiger partial charge in [0.15, 0.2) is 0 Å². The van der Waals surface area contributed by atoms with Gasteiger partial charge in [0, 0.05) is 19.2 Å². The van der Waals surface area contributed by atoms with Crippen LogP contribution < -0.4 is 11.1 Å². The van der Waals surface area contributed by atoms with E-state index in [0.717, 1.165) is 31.9 Å². The Bertz CT molecular complexity index is 181. The molecule has 3 nitrogen and oxygen atoms in total. The van der Waals surface area contributed by atoms with Crippen LogP contribution in [0.5, 0.6) is 0 Å². The first kappa shape index (κ1) is 14.9. The SMILES string of the molecule is COCC(CCCN)N[C@H](C)C1CCCCC1. The highest BCUT2D eigenvalue weighted by atomic mass is 16.5. The Labute approximate surface area is 106 Å². The van der Waals surface area contributed by atoms with E-state index in [4.69, 9.17) is 10.5 Å². The Kier molecular flexibility index (Phi) is 7.82. The van der Waals surface area contributed by atoms with E-state index in [-0.39, 0.29) is 0 Å². The third-order valence-electron chi connectivity index (χ3n) is 3.98. The smallest absolute Gasteiger partial charge is 0.0615 e. The Balaban J connectivity index is 2.30. The molecule has 0 bridgehead atoms. The third-order valence-corrected chi connectivity index (χ3v) is 3.98. The van der Waals surface area contributed by atoms with E-state index in [1.807, 2.05) is 0 Å². The van der Waals surface area contributed by atoms with Gasteiger partial charge in [-0.25, -0.2) is 0 Å². The molecule has 0 aromatic heterocycles. The Hall–Kier alpha value is -0.120. The molecule has 0 radical (unpaired) electrons. The molecule has 2 atom stereocenters. The van der Waals surface area contributed by atoms with Gasteiger partial charge in [0.1, 0.15) is 0 Å². The zero-order chi connectivity index (χ0) is 12.5. The summed E-state index contributed by atoms with van der Waals surface area (Å²) in [5, 5.41) is 3.74. The summed E-state index contributed by atoms with van der Waals surface area (Å²) in [6.45, 7) is 3.91. The lowest BCUT2D eigenvalue weighted by molar-refractivity contribution is 0.145. The molecule has 0 aromatic carbocycles. The number of hydrogen-bond acceptors (Lipinski definition) is 3. The van der Waals surface area contributed by atoms with Crippen molar-refractivity contribution in [2.24, 2.45) is 11.7 Å². The minimum atomic E-state index is 0.473. The van der Waals surface area contributed by atoms with Gasteiger partial charge in [-0.05, 0) is 45.1 Å². The zero-order valence-corrected chi connectivity index (χ0v) is 11.6. The van der Waals surface area contributed by atoms with Gasteiger partial charge < -0.3 is 15.8 Å². The van der Waals surface area contributed by atoms with Crippen LogP contribution in [0.4, 0.5) is 0 Å². The van der Waals surface area contributed by atoms with Crippen molar-refractivity contribution in [3.05, 3.63) is 0 Å². The van der Waals surface area contributed by atoms with Crippen molar-refractivity contribution >= 4 is 0 Å². The molecule has 1 aliphatic carbocycles. The summed E-state index contributed by atoms with van der Waals surface area (Å²) in [6, 6.07) is 1.09. The predicted octanol–water partition coefficient (Wildman–Crippen LogP) is 2.30. The fourth-order valence-corrected chi connectivity index (χ4v) is 2.92. The van der Waals surface area contributed by atoms with E-state index < -0.39 is 0 Å². The van der Waals surface area contributed by atoms with Crippen LogP contribution in [0.2, 0.25) is 0 Å². The van der Waals surface area contributed by atoms with Gasteiger partial charge in [-0.1, -0.05) is 19.3 Å². The summed E-state index contributed by atoms with van der Waals surface area (Å²) in [4.78, 5) is 0. The molecule has 3 heteroatoms. The van der Waals surface area contributed by atoms with E-state index in [9.17, 15) is 0 Å². The van der Waals surface area contributed by atoms with Crippen LogP contribution in [-0.4, -0.2) is 32.3 Å². The van der Waals surface area contributed by atoms with Crippen LogP contribution in [0.15, 0.2) is 0 Å². The van der Waals surface area contributed by atoms with Crippen LogP contribution >= 0.6 is 0 Å². The number of hydrogen-bond donors (Lipinski definition) is 2. The van der Waals surface area contributed by atoms with Crippen molar-refractivity contribution < 1.29 is 4.74 Å². The first-order valence-electron chi connectivity index (χ1n) is 7.23. The molecule has 17 heavy (non-hydrogen) atoms. The van der Waals surface area contributed by atoms with Gasteiger partial charge in [-0.2, -0.15) is 0 Å². The average molecular weight is 242 g/mol. The molecule has 0 heterocycles. The van der Waals surface area contributed by atoms with Gasteiger partial charge in [0.2, 0.25) is 0 Å². The minimum Gasteiger partial charge on any atom is -0.383 e. The van der Waals surface area contributed by atoms with E-state index in [1.54, 1.807) is 7.11 Å². The molecule has 0 aromatic rings. The van der Waals surface area contributed by atoms with Gasteiger partial charge in [-0.15, -0.1) is 0 Å². The Morgan fingerprint density at radius 2 is 2.00 bits per heavy atom. The molecule has 0 saturated heterocycles. The number of rotatable bonds is 8. The lowest BCUT2D eigenvalue weighted by Crippen LogP contribution is -2.44. The molecular weight excluding hydrogens is 212 g/mol. The monoisotopic (exact) mass is 242 g/mol. The van der Waals surface area contributed by atoms with Gasteiger partial charge in [-0.3, -0.25) is 0 Å². The average Bonchev–Trinajstić information content (AvgIpc) is 2.37. The molecule has 1 rings (SSSR count). The summed E-state index contributed by atoms with van der Waals surface area (Å²) >= 11 is 0. The second kappa shape index (κ2) is 8.90. The quantitative estimate of drug-likeness (QED) is 0.686. The van der Waals surface area contributed by atoms with Crippen molar-refractivity contribution in [1.29, 1.82) is 0 Å². The highest BCUT2D eigenvalue weighted by molar-refractivity contribution is 4.79. The van der Waals surface area contributed by atoms with E-state index in [1.165, 1.54) is 32.1 Å². The lowest BCUT2D eigenvalue weighted by atomic mass is 9.84. The standard InChI is InChI=1S/C14H30N2O/c1-12(13-7-4-3-5-8-13)16-14(11-17-2)9-6-10-15/h12-14,16H,3-11,15H2,1-2H3/t12-,14?/m1/s1. The van der Waals surface area contributed by atoms with Crippen molar-refractivity contribution in [2.45, 2.75) is 64.0 Å². The van der Waals surface area contributed by atoms with Crippen molar-refractivity contribution in [3.8, 4) is 0 Å². The number of ether oxygens (including phenoxy) is 1. The van der Waals surface area contributed by atoms with Crippen LogP contribution in [-0.2, 0) is 4.74 Å². The second-order valence-electron chi connectivity index (χ2n) is 5.44. The van der Waals surface area contributed by atoms with Gasteiger partial charge >= 0.3 is 0 Å². The maximum Gasteiger partial charge on any atom is 0.0615 e. The summed E-state index contributed by atoms with van der Waals surface area (Å²) in [7, 11) is 1.78. The highest BCUT2D eigenvalue weighted by Gasteiger charge is 2.22. The van der Waals surface area contributed by atoms with E-state index >= 15 is 0 Å². The van der Waals surface area contributed by atoms with E-state index in [2.05, 4.69) is 12.2 Å². The molecule has 0 spiro atoms. The summed E-state index contributed by atoms with van der Waals surface area (Å²) < 4.78 is 5.29. The van der Waals surface area contributed by atoms with Gasteiger partial charge in [0.25, 0.3) is 0 Å². The van der Waals surface area contributed by atoms with Crippen molar-refractivity contribution in [3.63, 3.8) is 0 Å². The lowest BCUT2D eigenvalue weighted by Gasteiger charge is -2.31. The molecule has 1 aliphatic rings. The number of nitrogens with two attached hydrogens (primary N) is 1. The minimum absolute atomic E-state index is 0.473. The molecule has 3 N–H and O–H groups in total. The fraction of sp³-hybridized carbons (Fsp3) is 1.00. The first-order valence-corrected chi connectivity index (χ1v) is 7.23. The molecular formula is C14H30N2O. The van der Waals surface area contributed by atoms with Crippen LogP contribution in [0.1, 0.15) is 51.9 Å². The molecule has 0 aliphatic heterocycles. The topological polar surface area (TPSA) is 47.3 Å². The maximum absolute atomic E-state index is 5.58. The van der Waals surface area contributed by atoms with Gasteiger partial charge in [0.05, 0.1) is 6.61 Å². The number of nitrogens with one attached hydrogen (secondary N) is 1. The largest absolute Gasteiger partial charge is 0.383 e. The summed E-state index contributed by atoms with van der Waals surface area (Å²) in [5.41, 5.74) is 5.58. The summed E-state index contributed by atoms with van der Waals surface area (Å²) in [6.07, 6.45) is 9.25. The normalized spacial score (nSPS) is 21.4. The predicted molar refractivity (Wildman–Crippen MR) is 73.1 cm³/mol. The second-order valence-corrected chi connectivity index (χ2v) is 5.44. The van der Waals surface area contributed by atoms with Crippen molar-refractivity contribution in [1.82, 2.24) is 5.32 Å². The highest BCUT2D eigenvalue weighted by Crippen LogP contribution is 2.26. The maximum atomic E-state index is 5.58. The molecule has 1 saturated carbocycles. The van der Waals surface area contributed by atoms with Crippen LogP contribution in [0.25, 0.3) is 0 Å². The van der Waals surface area contributed by atoms with Crippen LogP contribution in [0.3, 0.4) is 0 Å². The molecule has 1 fully saturated rings. The van der Waals surface area contributed by atoms with Crippen molar-refractivity contribution in [2.75, 3.05) is 20.3 Å². The zero-order valence-electron chi connectivity index (χ0n) is 11.6. The third kappa shape index (κ3) is 5.84. The summed E-state index contributed by atoms with van der Waals surface area (Å²) in [5.74, 6) is 0.862. The molecule has 1 unspecified atom stereocenters. The Morgan fingerprint density at radius 3 is 2.59 bits per heavy atom. The Morgan fingerprint density at radius 1 is 1.29 bits per heavy atom. The van der Waals surface area contributed by atoms with E-state index in [0.29, 0.717) is 12.1 Å². The first-order chi connectivity index (χ1) is 8.27.